The van der Waals surface area contributed by atoms with Gasteiger partial charge >= 0.3 is 0 Å². The first kappa shape index (κ1) is 2.87. The molecule has 0 saturated heterocycles. The second kappa shape index (κ2) is 2.63. The van der Waals surface area contributed by atoms with E-state index in [0.717, 1.165) is 4.68 Å². The molecule has 0 N–H and O–H groups in total. The smallest absolute Gasteiger partial charge is 0.0685 e. The minimum Gasteiger partial charge on any atom is -0.262 e. The zero-order valence-electron chi connectivity index (χ0n) is 13.3. The fraction of sp³-hybridized carbons (Fsp3) is 0.300. The van der Waals surface area contributed by atoms with E-state index in [-0.39, 0.29) is 0 Å². The molecule has 1 aromatic carbocycles. The van der Waals surface area contributed by atoms with E-state index in [1.807, 2.05) is 0 Å². The minimum absolute atomic E-state index is 0.310. The number of aromatic nitrogens is 2. The molecule has 62 valence electrons. The molecule has 0 atom stereocenters. The molecule has 1 aromatic heterocycles. The monoisotopic (exact) mass is 167 g/mol. The van der Waals surface area contributed by atoms with Gasteiger partial charge in [-0.2, -0.15) is 5.10 Å². The third-order valence-electron chi connectivity index (χ3n) is 1.69. The Morgan fingerprint density at radius 3 is 3.17 bits per heavy atom. The maximum Gasteiger partial charge on any atom is 0.0685 e. The summed E-state index contributed by atoms with van der Waals surface area (Å²) in [6, 6.07) is 3.77. The van der Waals surface area contributed by atoms with Crippen molar-refractivity contribution in [2.45, 2.75) is 19.7 Å². The molecule has 0 aliphatic heterocycles. The van der Waals surface area contributed by atoms with Gasteiger partial charge in [0.1, 0.15) is 0 Å². The molecule has 0 spiro atoms. The quantitative estimate of drug-likeness (QED) is 0.638. The highest BCUT2D eigenvalue weighted by atomic mass is 15.3. The number of nitrogens with zero attached hydrogens (tertiary/aromatic N) is 2. The van der Waals surface area contributed by atoms with E-state index < -0.39 is 19.7 Å². The van der Waals surface area contributed by atoms with Crippen molar-refractivity contribution < 1.29 is 9.60 Å². The first-order chi connectivity index (χ1) is 8.59. The number of fused-ring (bicyclic) bond motifs is 1. The zero-order chi connectivity index (χ0) is 14.5. The van der Waals surface area contributed by atoms with E-state index in [1.54, 1.807) is 24.3 Å². The number of rotatable bonds is 1. The van der Waals surface area contributed by atoms with Crippen LogP contribution in [0.3, 0.4) is 0 Å². The van der Waals surface area contributed by atoms with E-state index in [9.17, 15) is 0 Å². The Hall–Kier alpha value is -1.31. The van der Waals surface area contributed by atoms with Gasteiger partial charge in [0.25, 0.3) is 0 Å². The molecule has 0 aliphatic carbocycles. The van der Waals surface area contributed by atoms with Crippen molar-refractivity contribution in [3.8, 4) is 0 Å². The summed E-state index contributed by atoms with van der Waals surface area (Å²) in [5.74, 6) is 0. The highest BCUT2D eigenvalue weighted by molar-refractivity contribution is 5.78. The predicted molar refractivity (Wildman–Crippen MR) is 50.1 cm³/mol. The fourth-order valence-corrected chi connectivity index (χ4v) is 1.15. The summed E-state index contributed by atoms with van der Waals surface area (Å²) in [6.07, 6.45) is 1.36. The summed E-state index contributed by atoms with van der Waals surface area (Å²) in [4.78, 5) is 0. The van der Waals surface area contributed by atoms with Crippen molar-refractivity contribution in [3.63, 3.8) is 0 Å². The fourth-order valence-electron chi connectivity index (χ4n) is 1.15. The maximum atomic E-state index is 8.04. The molecule has 2 rings (SSSR count). The molecule has 0 radical (unpaired) electrons. The van der Waals surface area contributed by atoms with E-state index in [4.69, 9.17) is 9.60 Å². The van der Waals surface area contributed by atoms with E-state index in [2.05, 4.69) is 5.10 Å². The third kappa shape index (κ3) is 0.998. The standard InChI is InChI=1S/C10H12N2/c1-8(2)12-10-6-4-3-5-9(10)7-11-12/h3-8H,1-2H3/i1D3,2D3,8D. The zero-order valence-corrected chi connectivity index (χ0v) is 6.28. The van der Waals surface area contributed by atoms with Crippen LogP contribution in [0.15, 0.2) is 30.5 Å². The van der Waals surface area contributed by atoms with Gasteiger partial charge in [-0.15, -0.1) is 0 Å². The van der Waals surface area contributed by atoms with Gasteiger partial charge in [0.15, 0.2) is 0 Å². The van der Waals surface area contributed by atoms with Gasteiger partial charge in [0, 0.05) is 19.6 Å². The maximum absolute atomic E-state index is 8.04. The molecule has 2 aromatic rings. The average Bonchev–Trinajstić information content (AvgIpc) is 2.68. The number of hydrogen-bond acceptors (Lipinski definition) is 1. The Labute approximate surface area is 81.6 Å². The number of para-hydroxylation sites is 1. The average molecular weight is 167 g/mol. The lowest BCUT2D eigenvalue weighted by Gasteiger charge is -2.05. The summed E-state index contributed by atoms with van der Waals surface area (Å²) in [7, 11) is 0. The van der Waals surface area contributed by atoms with Crippen LogP contribution in [0, 0.1) is 0 Å². The predicted octanol–water partition coefficient (Wildman–Crippen LogP) is 2.62. The summed E-state index contributed by atoms with van der Waals surface area (Å²) in [5, 5.41) is 4.40. The van der Waals surface area contributed by atoms with Crippen molar-refractivity contribution in [1.82, 2.24) is 9.78 Å². The Balaban J connectivity index is 2.77. The second-order valence-electron chi connectivity index (χ2n) is 2.46. The van der Waals surface area contributed by atoms with Crippen LogP contribution < -0.4 is 0 Å². The SMILES string of the molecule is [2H]C([2H])([2H])C([2H])(n1ncc2ccccc21)C([2H])([2H])[2H]. The Kier molecular flexibility index (Phi) is 0.629. The topological polar surface area (TPSA) is 17.8 Å². The number of hydrogen-bond donors (Lipinski definition) is 0. The summed E-state index contributed by atoms with van der Waals surface area (Å²) < 4.78 is 53.3. The van der Waals surface area contributed by atoms with Gasteiger partial charge in [0.2, 0.25) is 0 Å². The highest BCUT2D eigenvalue weighted by Gasteiger charge is 2.02. The molecule has 0 bridgehead atoms. The van der Waals surface area contributed by atoms with Crippen LogP contribution in [0.4, 0.5) is 0 Å². The van der Waals surface area contributed by atoms with Crippen LogP contribution in [0.25, 0.3) is 10.9 Å². The molecular formula is C10H12N2. The van der Waals surface area contributed by atoms with Crippen LogP contribution in [0.5, 0.6) is 0 Å². The highest BCUT2D eigenvalue weighted by Crippen LogP contribution is 2.16. The van der Waals surface area contributed by atoms with Crippen LogP contribution in [-0.2, 0) is 0 Å². The van der Waals surface area contributed by atoms with Crippen LogP contribution in [-0.4, -0.2) is 9.78 Å². The van der Waals surface area contributed by atoms with Gasteiger partial charge in [-0.3, -0.25) is 4.68 Å². The molecule has 0 saturated carbocycles. The van der Waals surface area contributed by atoms with E-state index in [0.29, 0.717) is 10.9 Å². The van der Waals surface area contributed by atoms with Gasteiger partial charge in [-0.25, -0.2) is 0 Å². The van der Waals surface area contributed by atoms with Gasteiger partial charge < -0.3 is 0 Å². The van der Waals surface area contributed by atoms with Crippen molar-refractivity contribution >= 4 is 10.9 Å². The molecule has 1 heterocycles. The van der Waals surface area contributed by atoms with Crippen molar-refractivity contribution in [2.75, 3.05) is 0 Å². The van der Waals surface area contributed by atoms with E-state index in [1.165, 1.54) is 6.20 Å². The minimum atomic E-state index is -3.03. The van der Waals surface area contributed by atoms with Gasteiger partial charge in [0.05, 0.1) is 13.1 Å². The molecule has 2 nitrogen and oxygen atoms in total. The van der Waals surface area contributed by atoms with Gasteiger partial charge in [-0.05, 0) is 19.8 Å². The van der Waals surface area contributed by atoms with Gasteiger partial charge in [-0.1, -0.05) is 18.2 Å². The lowest BCUT2D eigenvalue weighted by Crippen LogP contribution is -2.01. The van der Waals surface area contributed by atoms with Crippen LogP contribution in [0.1, 0.15) is 29.3 Å². The largest absolute Gasteiger partial charge is 0.262 e. The van der Waals surface area contributed by atoms with E-state index >= 15 is 0 Å². The molecule has 0 unspecified atom stereocenters. The van der Waals surface area contributed by atoms with Crippen molar-refractivity contribution in [1.29, 1.82) is 0 Å². The van der Waals surface area contributed by atoms with Crippen LogP contribution >= 0.6 is 0 Å². The first-order valence-electron chi connectivity index (χ1n) is 7.02. The Morgan fingerprint density at radius 1 is 1.50 bits per heavy atom. The van der Waals surface area contributed by atoms with Crippen LogP contribution in [0.2, 0.25) is 0 Å². The Morgan fingerprint density at radius 2 is 2.33 bits per heavy atom. The summed E-state index contributed by atoms with van der Waals surface area (Å²) in [5.41, 5.74) is 0.310. The molecule has 12 heavy (non-hydrogen) atoms. The summed E-state index contributed by atoms with van der Waals surface area (Å²) >= 11 is 0. The second-order valence-corrected chi connectivity index (χ2v) is 2.46. The molecule has 0 aliphatic rings. The molecule has 0 fully saturated rings. The lowest BCUT2D eigenvalue weighted by atomic mass is 10.2. The molecule has 0 amide bonds. The van der Waals surface area contributed by atoms with Crippen molar-refractivity contribution in [3.05, 3.63) is 30.5 Å². The first-order valence-corrected chi connectivity index (χ1v) is 3.52. The lowest BCUT2D eigenvalue weighted by molar-refractivity contribution is 0.551. The van der Waals surface area contributed by atoms with Crippen molar-refractivity contribution in [2.24, 2.45) is 0 Å². The number of benzene rings is 1. The molecular weight excluding hydrogens is 148 g/mol. The summed E-state index contributed by atoms with van der Waals surface area (Å²) in [6.45, 7) is -6.07. The molecule has 2 heteroatoms. The normalized spacial score (nSPS) is 22.8. The third-order valence-corrected chi connectivity index (χ3v) is 1.69. The Bertz CT molecular complexity index is 582.